The quantitative estimate of drug-likeness (QED) is 0.916. The molecule has 1 aliphatic rings. The first-order chi connectivity index (χ1) is 9.42. The van der Waals surface area contributed by atoms with Crippen LogP contribution in [-0.2, 0) is 17.6 Å². The van der Waals surface area contributed by atoms with Crippen LogP contribution >= 0.6 is 11.3 Å². The molecule has 0 amide bonds. The maximum Gasteiger partial charge on any atom is 0.0750 e. The van der Waals surface area contributed by atoms with Crippen molar-refractivity contribution in [1.29, 1.82) is 0 Å². The molecule has 100 valence electrons. The van der Waals surface area contributed by atoms with E-state index in [1.807, 2.05) is 11.3 Å². The van der Waals surface area contributed by atoms with Gasteiger partial charge in [0.2, 0.25) is 0 Å². The summed E-state index contributed by atoms with van der Waals surface area (Å²) >= 11 is 1.81. The SMILES string of the molecule is c1csc(CCOC2CCc3ccccc3NC2)c1. The van der Waals surface area contributed by atoms with E-state index >= 15 is 0 Å². The van der Waals surface area contributed by atoms with Crippen LogP contribution in [0.5, 0.6) is 0 Å². The van der Waals surface area contributed by atoms with Crippen LogP contribution in [0.25, 0.3) is 0 Å². The van der Waals surface area contributed by atoms with Crippen LogP contribution in [0.15, 0.2) is 41.8 Å². The maximum absolute atomic E-state index is 6.01. The maximum atomic E-state index is 6.01. The Kier molecular flexibility index (Phi) is 4.16. The highest BCUT2D eigenvalue weighted by molar-refractivity contribution is 7.09. The van der Waals surface area contributed by atoms with Crippen molar-refractivity contribution in [2.75, 3.05) is 18.5 Å². The Bertz CT molecular complexity index is 482. The van der Waals surface area contributed by atoms with E-state index in [4.69, 9.17) is 4.74 Å². The number of fused-ring (bicyclic) bond motifs is 1. The van der Waals surface area contributed by atoms with Gasteiger partial charge in [0.25, 0.3) is 0 Å². The van der Waals surface area contributed by atoms with E-state index in [-0.39, 0.29) is 0 Å². The van der Waals surface area contributed by atoms with Crippen LogP contribution in [0.2, 0.25) is 0 Å². The first-order valence-corrected chi connectivity index (χ1v) is 7.75. The number of ether oxygens (including phenoxy) is 1. The van der Waals surface area contributed by atoms with Gasteiger partial charge in [-0.3, -0.25) is 0 Å². The largest absolute Gasteiger partial charge is 0.382 e. The van der Waals surface area contributed by atoms with Gasteiger partial charge in [-0.15, -0.1) is 11.3 Å². The van der Waals surface area contributed by atoms with Crippen molar-refractivity contribution in [3.8, 4) is 0 Å². The lowest BCUT2D eigenvalue weighted by Gasteiger charge is -2.15. The standard InChI is InChI=1S/C16H19NOS/c1-2-6-16-13(4-1)7-8-14(12-17-16)18-10-9-15-5-3-11-19-15/h1-6,11,14,17H,7-10,12H2. The molecular formula is C16H19NOS. The summed E-state index contributed by atoms with van der Waals surface area (Å²) in [6, 6.07) is 12.8. The molecule has 0 saturated carbocycles. The van der Waals surface area contributed by atoms with Crippen molar-refractivity contribution < 1.29 is 4.74 Å². The zero-order valence-corrected chi connectivity index (χ0v) is 11.8. The van der Waals surface area contributed by atoms with Crippen molar-refractivity contribution in [3.05, 3.63) is 52.2 Å². The fourth-order valence-electron chi connectivity index (χ4n) is 2.48. The molecule has 2 aromatic rings. The minimum absolute atomic E-state index is 0.326. The second kappa shape index (κ2) is 6.22. The lowest BCUT2D eigenvalue weighted by molar-refractivity contribution is 0.0600. The molecule has 1 atom stereocenters. The second-order valence-corrected chi connectivity index (χ2v) is 5.93. The minimum Gasteiger partial charge on any atom is -0.382 e. The lowest BCUT2D eigenvalue weighted by atomic mass is 10.1. The first-order valence-electron chi connectivity index (χ1n) is 6.87. The zero-order chi connectivity index (χ0) is 12.9. The highest BCUT2D eigenvalue weighted by Gasteiger charge is 2.15. The smallest absolute Gasteiger partial charge is 0.0750 e. The Hall–Kier alpha value is -1.32. The molecule has 2 heterocycles. The Labute approximate surface area is 118 Å². The third kappa shape index (κ3) is 3.37. The van der Waals surface area contributed by atoms with Gasteiger partial charge in [-0.25, -0.2) is 0 Å². The number of aryl methyl sites for hydroxylation is 1. The van der Waals surface area contributed by atoms with Crippen molar-refractivity contribution in [1.82, 2.24) is 0 Å². The van der Waals surface area contributed by atoms with Gasteiger partial charge >= 0.3 is 0 Å². The highest BCUT2D eigenvalue weighted by Crippen LogP contribution is 2.22. The molecule has 0 radical (unpaired) electrons. The third-order valence-corrected chi connectivity index (χ3v) is 4.49. The number of anilines is 1. The van der Waals surface area contributed by atoms with Crippen LogP contribution in [-0.4, -0.2) is 19.3 Å². The predicted octanol–water partition coefficient (Wildman–Crippen LogP) is 3.73. The van der Waals surface area contributed by atoms with Gasteiger partial charge in [-0.2, -0.15) is 0 Å². The summed E-state index contributed by atoms with van der Waals surface area (Å²) in [5.74, 6) is 0. The molecular weight excluding hydrogens is 254 g/mol. The molecule has 0 fully saturated rings. The molecule has 1 aromatic carbocycles. The van der Waals surface area contributed by atoms with Crippen LogP contribution in [0, 0.1) is 0 Å². The Morgan fingerprint density at radius 1 is 1.21 bits per heavy atom. The van der Waals surface area contributed by atoms with Crippen molar-refractivity contribution in [3.63, 3.8) is 0 Å². The molecule has 3 heteroatoms. The van der Waals surface area contributed by atoms with Gasteiger partial charge < -0.3 is 10.1 Å². The molecule has 0 spiro atoms. The van der Waals surface area contributed by atoms with E-state index in [1.54, 1.807) is 0 Å². The number of hydrogen-bond acceptors (Lipinski definition) is 3. The van der Waals surface area contributed by atoms with E-state index in [2.05, 4.69) is 47.1 Å². The summed E-state index contributed by atoms with van der Waals surface area (Å²) in [5, 5.41) is 5.62. The summed E-state index contributed by atoms with van der Waals surface area (Å²) in [6.45, 7) is 1.74. The predicted molar refractivity (Wildman–Crippen MR) is 81.0 cm³/mol. The zero-order valence-electron chi connectivity index (χ0n) is 11.0. The molecule has 1 N–H and O–H groups in total. The number of benzene rings is 1. The van der Waals surface area contributed by atoms with E-state index in [0.717, 1.165) is 32.4 Å². The third-order valence-electron chi connectivity index (χ3n) is 3.56. The molecule has 3 rings (SSSR count). The normalized spacial score (nSPS) is 18.4. The van der Waals surface area contributed by atoms with Crippen LogP contribution in [0.3, 0.4) is 0 Å². The number of thiophene rings is 1. The fraction of sp³-hybridized carbons (Fsp3) is 0.375. The summed E-state index contributed by atoms with van der Waals surface area (Å²) in [6.07, 6.45) is 3.56. The number of hydrogen-bond donors (Lipinski definition) is 1. The fourth-order valence-corrected chi connectivity index (χ4v) is 3.17. The van der Waals surface area contributed by atoms with Gasteiger partial charge in [0, 0.05) is 23.5 Å². The number of para-hydroxylation sites is 1. The second-order valence-electron chi connectivity index (χ2n) is 4.90. The summed E-state index contributed by atoms with van der Waals surface area (Å²) in [7, 11) is 0. The molecule has 2 nitrogen and oxygen atoms in total. The minimum atomic E-state index is 0.326. The topological polar surface area (TPSA) is 21.3 Å². The Morgan fingerprint density at radius 3 is 3.05 bits per heavy atom. The van der Waals surface area contributed by atoms with Gasteiger partial charge in [0.15, 0.2) is 0 Å². The van der Waals surface area contributed by atoms with E-state index < -0.39 is 0 Å². The van der Waals surface area contributed by atoms with Crippen LogP contribution in [0.1, 0.15) is 16.9 Å². The summed E-state index contributed by atoms with van der Waals surface area (Å²) < 4.78 is 6.01. The van der Waals surface area contributed by atoms with E-state index in [9.17, 15) is 0 Å². The monoisotopic (exact) mass is 273 g/mol. The van der Waals surface area contributed by atoms with Crippen LogP contribution < -0.4 is 5.32 Å². The van der Waals surface area contributed by atoms with Crippen molar-refractivity contribution in [2.24, 2.45) is 0 Å². The molecule has 0 bridgehead atoms. The van der Waals surface area contributed by atoms with E-state index in [0.29, 0.717) is 6.10 Å². The first kappa shape index (κ1) is 12.7. The summed E-state index contributed by atoms with van der Waals surface area (Å²) in [5.41, 5.74) is 2.68. The average molecular weight is 273 g/mol. The lowest BCUT2D eigenvalue weighted by Crippen LogP contribution is -2.22. The van der Waals surface area contributed by atoms with Crippen molar-refractivity contribution >= 4 is 17.0 Å². The Balaban J connectivity index is 1.49. The average Bonchev–Trinajstić information content (AvgIpc) is 2.87. The molecule has 19 heavy (non-hydrogen) atoms. The van der Waals surface area contributed by atoms with Gasteiger partial charge in [0.1, 0.15) is 0 Å². The molecule has 0 aliphatic carbocycles. The Morgan fingerprint density at radius 2 is 2.16 bits per heavy atom. The van der Waals surface area contributed by atoms with Crippen LogP contribution in [0.4, 0.5) is 5.69 Å². The number of rotatable bonds is 4. The summed E-state index contributed by atoms with van der Waals surface area (Å²) in [4.78, 5) is 1.41. The molecule has 1 aliphatic heterocycles. The molecule has 0 saturated heterocycles. The van der Waals surface area contributed by atoms with Gasteiger partial charge in [-0.1, -0.05) is 24.3 Å². The van der Waals surface area contributed by atoms with Crippen molar-refractivity contribution in [2.45, 2.75) is 25.4 Å². The number of nitrogens with one attached hydrogen (secondary N) is 1. The van der Waals surface area contributed by atoms with Gasteiger partial charge in [-0.05, 0) is 35.9 Å². The molecule has 1 unspecified atom stereocenters. The van der Waals surface area contributed by atoms with Gasteiger partial charge in [0.05, 0.1) is 12.7 Å². The van der Waals surface area contributed by atoms with E-state index in [1.165, 1.54) is 16.1 Å². The molecule has 1 aromatic heterocycles. The highest BCUT2D eigenvalue weighted by atomic mass is 32.1.